The monoisotopic (exact) mass is 536 g/mol. The summed E-state index contributed by atoms with van der Waals surface area (Å²) in [5.41, 5.74) is 12.3. The molecule has 0 radical (unpaired) electrons. The van der Waals surface area contributed by atoms with Crippen molar-refractivity contribution in [3.05, 3.63) is 68.8 Å². The topological polar surface area (TPSA) is 129 Å². The summed E-state index contributed by atoms with van der Waals surface area (Å²) >= 11 is 0. The Morgan fingerprint density at radius 1 is 1.05 bits per heavy atom. The van der Waals surface area contributed by atoms with E-state index in [0.29, 0.717) is 23.1 Å². The Morgan fingerprint density at radius 3 is 2.48 bits per heavy atom. The van der Waals surface area contributed by atoms with Crippen LogP contribution in [-0.4, -0.2) is 43.1 Å². The number of aldehydes is 1. The highest BCUT2D eigenvalue weighted by molar-refractivity contribution is 6.13. The van der Waals surface area contributed by atoms with Gasteiger partial charge in [-0.1, -0.05) is 13.8 Å². The van der Waals surface area contributed by atoms with Gasteiger partial charge in [-0.2, -0.15) is 0 Å². The van der Waals surface area contributed by atoms with Crippen molar-refractivity contribution < 1.29 is 19.5 Å². The standard InChI is InChI=1S/C32H32N4O4/c1-6-18-14(2)23-11-27-21(13-37)16(4)22(34-27)10-24-15(3)19(7-8-29(39)40)31(35-24)20-9-28(38)30-17(5)25(36-32(20)30)12-26(18)33-23/h10-13,15,19,34,36H,6-9H2,1-5H3,(H,39,40)/t15-,19?/m0/s1. The van der Waals surface area contributed by atoms with Crippen LogP contribution in [0.4, 0.5) is 0 Å². The molecule has 40 heavy (non-hydrogen) atoms. The highest BCUT2D eigenvalue weighted by Crippen LogP contribution is 2.44. The molecule has 3 aliphatic rings. The zero-order chi connectivity index (χ0) is 28.5. The number of hydrogen-bond donors (Lipinski definition) is 3. The Hall–Kier alpha value is -4.33. The highest BCUT2D eigenvalue weighted by Gasteiger charge is 2.35. The van der Waals surface area contributed by atoms with Crippen LogP contribution in [0.1, 0.15) is 112 Å². The fourth-order valence-corrected chi connectivity index (χ4v) is 6.59. The van der Waals surface area contributed by atoms with E-state index in [1.807, 2.05) is 39.0 Å². The summed E-state index contributed by atoms with van der Waals surface area (Å²) in [6.45, 7) is 10.1. The van der Waals surface area contributed by atoms with Gasteiger partial charge in [0.2, 0.25) is 0 Å². The molecule has 204 valence electrons. The summed E-state index contributed by atoms with van der Waals surface area (Å²) in [5.74, 6) is -1.03. The lowest BCUT2D eigenvalue weighted by Gasteiger charge is -2.16. The number of aryl methyl sites for hydroxylation is 2. The molecule has 8 nitrogen and oxygen atoms in total. The maximum absolute atomic E-state index is 13.3. The Balaban J connectivity index is 1.77. The van der Waals surface area contributed by atoms with Crippen molar-refractivity contribution in [2.24, 2.45) is 0 Å². The average Bonchev–Trinajstić information content (AvgIpc) is 3.65. The van der Waals surface area contributed by atoms with Crippen LogP contribution in [0.25, 0.3) is 33.2 Å². The Labute approximate surface area is 231 Å². The molecule has 0 fully saturated rings. The van der Waals surface area contributed by atoms with E-state index in [4.69, 9.17) is 9.97 Å². The molecule has 1 unspecified atom stereocenters. The summed E-state index contributed by atoms with van der Waals surface area (Å²) < 4.78 is 0. The number of carbonyl (C=O) groups is 3. The minimum atomic E-state index is -0.859. The van der Waals surface area contributed by atoms with Crippen LogP contribution in [0.5, 0.6) is 0 Å². The number of carboxylic acid groups (broad SMARTS) is 1. The lowest BCUT2D eigenvalue weighted by Crippen LogP contribution is -2.08. The number of allylic oxidation sites excluding steroid dienone is 2. The largest absolute Gasteiger partial charge is 0.481 e. The summed E-state index contributed by atoms with van der Waals surface area (Å²) in [6, 6.07) is 5.89. The molecule has 0 saturated heterocycles. The maximum Gasteiger partial charge on any atom is 0.303 e. The molecule has 2 atom stereocenters. The second-order valence-corrected chi connectivity index (χ2v) is 11.1. The summed E-state index contributed by atoms with van der Waals surface area (Å²) in [5, 5.41) is 9.47. The van der Waals surface area contributed by atoms with Gasteiger partial charge in [0, 0.05) is 58.1 Å². The smallest absolute Gasteiger partial charge is 0.303 e. The van der Waals surface area contributed by atoms with Gasteiger partial charge in [0.05, 0.1) is 28.1 Å². The van der Waals surface area contributed by atoms with Crippen molar-refractivity contribution in [3.63, 3.8) is 0 Å². The lowest BCUT2D eigenvalue weighted by atomic mass is 9.85. The predicted octanol–water partition coefficient (Wildman–Crippen LogP) is 6.58. The van der Waals surface area contributed by atoms with Gasteiger partial charge in [0.25, 0.3) is 0 Å². The van der Waals surface area contributed by atoms with Gasteiger partial charge in [-0.25, -0.2) is 4.98 Å². The molecule has 0 spiro atoms. The average molecular weight is 537 g/mol. The van der Waals surface area contributed by atoms with Gasteiger partial charge in [-0.15, -0.1) is 0 Å². The Bertz CT molecular complexity index is 1840. The third-order valence-electron chi connectivity index (χ3n) is 8.94. The van der Waals surface area contributed by atoms with Crippen LogP contribution < -0.4 is 0 Å². The van der Waals surface area contributed by atoms with E-state index in [1.165, 1.54) is 0 Å². The molecule has 3 aromatic heterocycles. The van der Waals surface area contributed by atoms with Crippen LogP contribution in [0.2, 0.25) is 0 Å². The summed E-state index contributed by atoms with van der Waals surface area (Å²) in [4.78, 5) is 54.0. The zero-order valence-electron chi connectivity index (χ0n) is 23.4. The molecule has 0 aromatic carbocycles. The predicted molar refractivity (Wildman–Crippen MR) is 155 cm³/mol. The fourth-order valence-electron chi connectivity index (χ4n) is 6.59. The minimum absolute atomic E-state index is 0.0119. The van der Waals surface area contributed by atoms with Crippen molar-refractivity contribution in [2.75, 3.05) is 0 Å². The van der Waals surface area contributed by atoms with Gasteiger partial charge in [-0.05, 0) is 74.1 Å². The van der Waals surface area contributed by atoms with Crippen molar-refractivity contribution in [2.45, 2.75) is 72.1 Å². The first-order valence-electron chi connectivity index (χ1n) is 13.8. The fraction of sp³-hybridized carbons (Fsp3) is 0.344. The van der Waals surface area contributed by atoms with Crippen LogP contribution in [0, 0.1) is 13.8 Å². The maximum atomic E-state index is 13.3. The second kappa shape index (κ2) is 9.40. The molecule has 1 aliphatic carbocycles. The van der Waals surface area contributed by atoms with E-state index in [1.54, 1.807) is 0 Å². The number of aliphatic carboxylic acids is 1. The van der Waals surface area contributed by atoms with Crippen molar-refractivity contribution >= 4 is 51.3 Å². The van der Waals surface area contributed by atoms with Crippen LogP contribution in [0.15, 0.2) is 18.2 Å². The number of carbonyl (C=O) groups excluding carboxylic acids is 2. The number of Topliss-reactive ketones (excluding diaryl/α,β-unsaturated/α-hetero) is 1. The van der Waals surface area contributed by atoms with Gasteiger partial charge in [0.15, 0.2) is 12.1 Å². The molecule has 6 rings (SSSR count). The second-order valence-electron chi connectivity index (χ2n) is 11.1. The number of H-pyrrole nitrogens is 2. The lowest BCUT2D eigenvalue weighted by molar-refractivity contribution is -0.137. The quantitative estimate of drug-likeness (QED) is 0.316. The van der Waals surface area contributed by atoms with E-state index in [-0.39, 0.29) is 30.5 Å². The van der Waals surface area contributed by atoms with E-state index in [0.717, 1.165) is 79.9 Å². The number of aromatic nitrogens is 4. The van der Waals surface area contributed by atoms with Crippen LogP contribution in [-0.2, 0) is 11.2 Å². The molecule has 0 saturated carbocycles. The molecule has 3 N–H and O–H groups in total. The van der Waals surface area contributed by atoms with Gasteiger partial charge >= 0.3 is 5.97 Å². The van der Waals surface area contributed by atoms with Crippen molar-refractivity contribution in [3.8, 4) is 0 Å². The SMILES string of the molecule is CCC1=C(C)c2cc3[nH]c(cc4nc(c5c6[nH]c(cc1n2)c(C)c6C(=O)C5)C(CCC(=O)O)[C@@H]4C)c(C)c3C=O. The number of ketones is 1. The van der Waals surface area contributed by atoms with Gasteiger partial charge in [0.1, 0.15) is 0 Å². The number of rotatable bonds is 5. The van der Waals surface area contributed by atoms with E-state index < -0.39 is 5.97 Å². The third-order valence-corrected chi connectivity index (χ3v) is 8.94. The molecule has 8 bridgehead atoms. The van der Waals surface area contributed by atoms with Crippen molar-refractivity contribution in [1.82, 2.24) is 19.9 Å². The number of fused-ring (bicyclic) bond motifs is 8. The van der Waals surface area contributed by atoms with Crippen LogP contribution >= 0.6 is 0 Å². The summed E-state index contributed by atoms with van der Waals surface area (Å²) in [7, 11) is 0. The molecule has 5 heterocycles. The van der Waals surface area contributed by atoms with Crippen LogP contribution in [0.3, 0.4) is 0 Å². The first-order valence-corrected chi connectivity index (χ1v) is 13.8. The molecular weight excluding hydrogens is 504 g/mol. The number of hydrogen-bond acceptors (Lipinski definition) is 5. The van der Waals surface area contributed by atoms with E-state index in [9.17, 15) is 19.5 Å². The normalized spacial score (nSPS) is 18.1. The van der Waals surface area contributed by atoms with E-state index >= 15 is 0 Å². The van der Waals surface area contributed by atoms with Crippen molar-refractivity contribution in [1.29, 1.82) is 0 Å². The number of aromatic amines is 2. The first kappa shape index (κ1) is 25.9. The third kappa shape index (κ3) is 3.85. The van der Waals surface area contributed by atoms with E-state index in [2.05, 4.69) is 23.8 Å². The van der Waals surface area contributed by atoms with Gasteiger partial charge < -0.3 is 15.1 Å². The molecule has 8 heteroatoms. The molecular formula is C32H32N4O4. The van der Waals surface area contributed by atoms with Gasteiger partial charge in [-0.3, -0.25) is 19.4 Å². The Kier molecular flexibility index (Phi) is 6.09. The molecule has 2 aliphatic heterocycles. The summed E-state index contributed by atoms with van der Waals surface area (Å²) in [6.07, 6.45) is 2.32. The number of carboxylic acids is 1. The Morgan fingerprint density at radius 2 is 1.77 bits per heavy atom. The molecule has 0 amide bonds. The zero-order valence-corrected chi connectivity index (χ0v) is 23.4. The highest BCUT2D eigenvalue weighted by atomic mass is 16.4. The molecule has 3 aromatic rings. The number of nitrogens with zero attached hydrogens (tertiary/aromatic N) is 2. The minimum Gasteiger partial charge on any atom is -0.481 e. The first-order chi connectivity index (χ1) is 19.1. The number of nitrogens with one attached hydrogen (secondary N) is 2.